The van der Waals surface area contributed by atoms with Crippen LogP contribution in [0.2, 0.25) is 5.02 Å². The topological polar surface area (TPSA) is 64.8 Å². The van der Waals surface area contributed by atoms with Gasteiger partial charge in [-0.3, -0.25) is 4.79 Å². The number of benzene rings is 3. The monoisotopic (exact) mass is 557 g/mol. The van der Waals surface area contributed by atoms with Crippen LogP contribution in [-0.4, -0.2) is 22.2 Å². The van der Waals surface area contributed by atoms with E-state index >= 15 is 0 Å². The molecular formula is C31H28ClN3O3S. The summed E-state index contributed by atoms with van der Waals surface area (Å²) in [4.78, 5) is 17.9. The van der Waals surface area contributed by atoms with Crippen LogP contribution in [0.1, 0.15) is 29.4 Å². The molecule has 8 heteroatoms. The van der Waals surface area contributed by atoms with E-state index in [4.69, 9.17) is 21.1 Å². The summed E-state index contributed by atoms with van der Waals surface area (Å²) in [5.74, 6) is 1.43. The van der Waals surface area contributed by atoms with Crippen molar-refractivity contribution >= 4 is 46.2 Å². The number of thioether (sulfide) groups is 1. The van der Waals surface area contributed by atoms with Crippen LogP contribution in [0, 0.1) is 13.8 Å². The lowest BCUT2D eigenvalue weighted by molar-refractivity contribution is -0.115. The van der Waals surface area contributed by atoms with Crippen LogP contribution < -0.4 is 14.8 Å². The molecule has 5 rings (SSSR count). The van der Waals surface area contributed by atoms with Gasteiger partial charge < -0.3 is 19.4 Å². The zero-order valence-electron chi connectivity index (χ0n) is 21.9. The number of carbonyl (C=O) groups is 1. The van der Waals surface area contributed by atoms with Gasteiger partial charge in [-0.2, -0.15) is 0 Å². The molecule has 0 unspecified atom stereocenters. The van der Waals surface area contributed by atoms with Gasteiger partial charge in [0.05, 0.1) is 17.2 Å². The molecule has 1 amide bonds. The standard InChI is InChI=1S/C31H28ClN3O3S/c1-4-37-27-13-9-25(10-14-27)33-31-34-30(36)29(39-31)18-23-17-20(2)35(21(23)3)26-11-15-28(16-12-26)38-19-22-5-7-24(32)8-6-22/h5-18H,4,19H2,1-3H3,(H,33,34,36). The van der Waals surface area contributed by atoms with Crippen molar-refractivity contribution in [2.75, 3.05) is 6.61 Å². The van der Waals surface area contributed by atoms with Crippen molar-refractivity contribution in [2.24, 2.45) is 4.99 Å². The molecule has 1 aromatic heterocycles. The largest absolute Gasteiger partial charge is 0.494 e. The number of aromatic nitrogens is 1. The van der Waals surface area contributed by atoms with Gasteiger partial charge in [0.1, 0.15) is 18.1 Å². The van der Waals surface area contributed by atoms with Crippen LogP contribution in [0.4, 0.5) is 5.69 Å². The number of amides is 1. The van der Waals surface area contributed by atoms with Gasteiger partial charge in [-0.05, 0) is 116 Å². The smallest absolute Gasteiger partial charge is 0.264 e. The van der Waals surface area contributed by atoms with E-state index in [0.29, 0.717) is 28.3 Å². The van der Waals surface area contributed by atoms with Crippen molar-refractivity contribution in [2.45, 2.75) is 27.4 Å². The van der Waals surface area contributed by atoms with Crippen molar-refractivity contribution in [1.29, 1.82) is 0 Å². The fourth-order valence-corrected chi connectivity index (χ4v) is 5.25. The number of carbonyl (C=O) groups excluding carboxylic acids is 1. The van der Waals surface area contributed by atoms with Gasteiger partial charge in [-0.1, -0.05) is 23.7 Å². The van der Waals surface area contributed by atoms with E-state index in [1.54, 1.807) is 0 Å². The first-order valence-electron chi connectivity index (χ1n) is 12.6. The number of hydrogen-bond acceptors (Lipinski definition) is 5. The zero-order chi connectivity index (χ0) is 27.4. The summed E-state index contributed by atoms with van der Waals surface area (Å²) in [5, 5.41) is 4.13. The summed E-state index contributed by atoms with van der Waals surface area (Å²) >= 11 is 7.29. The molecule has 198 valence electrons. The number of hydrogen-bond donors (Lipinski definition) is 1. The minimum atomic E-state index is -0.156. The number of ether oxygens (including phenoxy) is 2. The predicted molar refractivity (Wildman–Crippen MR) is 159 cm³/mol. The second kappa shape index (κ2) is 11.8. The maximum Gasteiger partial charge on any atom is 0.264 e. The second-order valence-corrected chi connectivity index (χ2v) is 10.4. The van der Waals surface area contributed by atoms with Gasteiger partial charge in [-0.15, -0.1) is 0 Å². The third-order valence-corrected chi connectivity index (χ3v) is 7.36. The van der Waals surface area contributed by atoms with Crippen LogP contribution >= 0.6 is 23.4 Å². The van der Waals surface area contributed by atoms with Crippen LogP contribution in [-0.2, 0) is 11.4 Å². The summed E-state index contributed by atoms with van der Waals surface area (Å²) in [5.41, 5.74) is 5.92. The molecule has 1 aliphatic heterocycles. The van der Waals surface area contributed by atoms with Crippen molar-refractivity contribution < 1.29 is 14.3 Å². The maximum absolute atomic E-state index is 12.7. The fraction of sp³-hybridized carbons (Fsp3) is 0.161. The first-order chi connectivity index (χ1) is 18.9. The SMILES string of the molecule is CCOc1ccc(N=C2NC(=O)C(=Cc3cc(C)n(-c4ccc(OCc5ccc(Cl)cc5)cc4)c3C)S2)cc1. The van der Waals surface area contributed by atoms with Crippen LogP contribution in [0.15, 0.2) is 88.8 Å². The summed E-state index contributed by atoms with van der Waals surface area (Å²) in [6.45, 7) is 7.14. The molecule has 0 atom stereocenters. The minimum absolute atomic E-state index is 0.156. The van der Waals surface area contributed by atoms with Crippen molar-refractivity contribution in [3.63, 3.8) is 0 Å². The molecule has 1 aliphatic rings. The number of aliphatic imine (C=N–C) groups is 1. The fourth-order valence-electron chi connectivity index (χ4n) is 4.29. The summed E-state index contributed by atoms with van der Waals surface area (Å²) in [6, 6.07) is 25.2. The Bertz CT molecular complexity index is 1540. The van der Waals surface area contributed by atoms with E-state index in [0.717, 1.165) is 45.4 Å². The highest BCUT2D eigenvalue weighted by atomic mass is 35.5. The van der Waals surface area contributed by atoms with Gasteiger partial charge in [0.25, 0.3) is 5.91 Å². The lowest BCUT2D eigenvalue weighted by Crippen LogP contribution is -2.19. The van der Waals surface area contributed by atoms with Crippen LogP contribution in [0.25, 0.3) is 11.8 Å². The Balaban J connectivity index is 1.29. The van der Waals surface area contributed by atoms with E-state index in [2.05, 4.69) is 34.8 Å². The molecule has 1 fully saturated rings. The Morgan fingerprint density at radius 3 is 2.31 bits per heavy atom. The molecule has 1 saturated heterocycles. The van der Waals surface area contributed by atoms with E-state index in [1.807, 2.05) is 85.8 Å². The van der Waals surface area contributed by atoms with E-state index in [9.17, 15) is 4.79 Å². The number of nitrogens with zero attached hydrogens (tertiary/aromatic N) is 2. The molecular weight excluding hydrogens is 530 g/mol. The van der Waals surface area contributed by atoms with E-state index in [1.165, 1.54) is 11.8 Å². The number of rotatable bonds is 8. The highest BCUT2D eigenvalue weighted by Gasteiger charge is 2.24. The summed E-state index contributed by atoms with van der Waals surface area (Å²) in [7, 11) is 0. The quantitative estimate of drug-likeness (QED) is 0.226. The Morgan fingerprint density at radius 2 is 1.62 bits per heavy atom. The maximum atomic E-state index is 12.7. The van der Waals surface area contributed by atoms with Crippen molar-refractivity contribution in [3.05, 3.63) is 111 Å². The lowest BCUT2D eigenvalue weighted by atomic mass is 10.2. The molecule has 3 aromatic carbocycles. The first kappa shape index (κ1) is 26.7. The minimum Gasteiger partial charge on any atom is -0.494 e. The molecule has 0 saturated carbocycles. The molecule has 0 bridgehead atoms. The van der Waals surface area contributed by atoms with Gasteiger partial charge in [0.2, 0.25) is 0 Å². The number of nitrogens with one attached hydrogen (secondary N) is 1. The van der Waals surface area contributed by atoms with Gasteiger partial charge in [-0.25, -0.2) is 4.99 Å². The molecule has 4 aromatic rings. The Morgan fingerprint density at radius 1 is 0.949 bits per heavy atom. The third-order valence-electron chi connectivity index (χ3n) is 6.20. The number of aryl methyl sites for hydroxylation is 1. The van der Waals surface area contributed by atoms with Gasteiger partial charge >= 0.3 is 0 Å². The third kappa shape index (κ3) is 6.38. The first-order valence-corrected chi connectivity index (χ1v) is 13.8. The summed E-state index contributed by atoms with van der Waals surface area (Å²) < 4.78 is 13.6. The Labute approximate surface area is 237 Å². The van der Waals surface area contributed by atoms with E-state index < -0.39 is 0 Å². The summed E-state index contributed by atoms with van der Waals surface area (Å²) in [6.07, 6.45) is 1.92. The molecule has 2 heterocycles. The molecule has 0 spiro atoms. The normalized spacial score (nSPS) is 15.1. The number of halogens is 1. The van der Waals surface area contributed by atoms with Crippen LogP contribution in [0.5, 0.6) is 11.5 Å². The molecule has 0 aliphatic carbocycles. The van der Waals surface area contributed by atoms with Crippen LogP contribution in [0.3, 0.4) is 0 Å². The predicted octanol–water partition coefficient (Wildman–Crippen LogP) is 7.62. The molecule has 39 heavy (non-hydrogen) atoms. The van der Waals surface area contributed by atoms with E-state index in [-0.39, 0.29) is 5.91 Å². The molecule has 0 radical (unpaired) electrons. The second-order valence-electron chi connectivity index (χ2n) is 8.98. The lowest BCUT2D eigenvalue weighted by Gasteiger charge is -2.11. The highest BCUT2D eigenvalue weighted by molar-refractivity contribution is 8.18. The average molecular weight is 558 g/mol. The average Bonchev–Trinajstić information content (AvgIpc) is 3.42. The zero-order valence-corrected chi connectivity index (χ0v) is 23.5. The van der Waals surface area contributed by atoms with Gasteiger partial charge in [0.15, 0.2) is 5.17 Å². The number of amidine groups is 1. The molecule has 1 N–H and O–H groups in total. The van der Waals surface area contributed by atoms with Crippen molar-refractivity contribution in [1.82, 2.24) is 9.88 Å². The highest BCUT2D eigenvalue weighted by Crippen LogP contribution is 2.31. The van der Waals surface area contributed by atoms with Crippen molar-refractivity contribution in [3.8, 4) is 17.2 Å². The Hall–Kier alpha value is -3.94. The van der Waals surface area contributed by atoms with Gasteiger partial charge in [0, 0.05) is 22.1 Å². The molecule has 6 nitrogen and oxygen atoms in total. The Kier molecular flexibility index (Phi) is 8.10.